The minimum absolute atomic E-state index is 0.000732. The number of hydrogen-bond acceptors (Lipinski definition) is 3. The van der Waals surface area contributed by atoms with Gasteiger partial charge < -0.3 is 9.80 Å². The molecule has 0 saturated carbocycles. The van der Waals surface area contributed by atoms with E-state index in [9.17, 15) is 14.9 Å². The standard InChI is InChI=1S/C17H31N3O2/c1-5-9-19(10-6-2)16(21)13-15(14-18)17(22)20(11-7-3)12-8-4/h15H,5-13H2,1-4H3. The Kier molecular flexibility index (Phi) is 11.2. The Morgan fingerprint density at radius 1 is 0.864 bits per heavy atom. The van der Waals surface area contributed by atoms with E-state index in [1.165, 1.54) is 0 Å². The summed E-state index contributed by atoms with van der Waals surface area (Å²) in [6, 6.07) is 2.03. The quantitative estimate of drug-likeness (QED) is 0.589. The smallest absolute Gasteiger partial charge is 0.240 e. The summed E-state index contributed by atoms with van der Waals surface area (Å²) in [6.45, 7) is 10.7. The van der Waals surface area contributed by atoms with Gasteiger partial charge in [0, 0.05) is 26.2 Å². The molecule has 0 spiro atoms. The monoisotopic (exact) mass is 309 g/mol. The molecular weight excluding hydrogens is 278 g/mol. The average molecular weight is 309 g/mol. The van der Waals surface area contributed by atoms with Gasteiger partial charge in [-0.15, -0.1) is 0 Å². The highest BCUT2D eigenvalue weighted by Gasteiger charge is 2.27. The predicted octanol–water partition coefficient (Wildman–Crippen LogP) is 2.81. The Morgan fingerprint density at radius 2 is 1.27 bits per heavy atom. The van der Waals surface area contributed by atoms with Crippen molar-refractivity contribution in [2.24, 2.45) is 5.92 Å². The van der Waals surface area contributed by atoms with Crippen molar-refractivity contribution < 1.29 is 9.59 Å². The van der Waals surface area contributed by atoms with E-state index >= 15 is 0 Å². The zero-order chi connectivity index (χ0) is 17.0. The summed E-state index contributed by atoms with van der Waals surface area (Å²) in [7, 11) is 0. The number of amides is 2. The molecule has 0 fully saturated rings. The summed E-state index contributed by atoms with van der Waals surface area (Å²) < 4.78 is 0. The van der Waals surface area contributed by atoms with Crippen LogP contribution in [0.2, 0.25) is 0 Å². The van der Waals surface area contributed by atoms with E-state index in [1.54, 1.807) is 9.80 Å². The van der Waals surface area contributed by atoms with Crippen LogP contribution in [0.5, 0.6) is 0 Å². The van der Waals surface area contributed by atoms with E-state index in [2.05, 4.69) is 0 Å². The van der Waals surface area contributed by atoms with Gasteiger partial charge in [-0.25, -0.2) is 0 Å². The van der Waals surface area contributed by atoms with Gasteiger partial charge in [0.25, 0.3) is 0 Å². The Hall–Kier alpha value is -1.57. The molecule has 0 rings (SSSR count). The summed E-state index contributed by atoms with van der Waals surface area (Å²) >= 11 is 0. The van der Waals surface area contributed by atoms with Crippen molar-refractivity contribution in [2.45, 2.75) is 59.8 Å². The Bertz CT molecular complexity index is 365. The van der Waals surface area contributed by atoms with Crippen molar-refractivity contribution in [3.05, 3.63) is 0 Å². The molecule has 0 aromatic carbocycles. The van der Waals surface area contributed by atoms with Crippen molar-refractivity contribution >= 4 is 11.8 Å². The second kappa shape index (κ2) is 12.0. The molecule has 2 amide bonds. The van der Waals surface area contributed by atoms with Crippen LogP contribution in [0.3, 0.4) is 0 Å². The first-order valence-electron chi connectivity index (χ1n) is 8.51. The molecule has 1 unspecified atom stereocenters. The van der Waals surface area contributed by atoms with Crippen LogP contribution in [0, 0.1) is 17.2 Å². The van der Waals surface area contributed by atoms with Crippen molar-refractivity contribution in [3.63, 3.8) is 0 Å². The topological polar surface area (TPSA) is 64.4 Å². The lowest BCUT2D eigenvalue weighted by Crippen LogP contribution is -2.40. The van der Waals surface area contributed by atoms with E-state index in [0.29, 0.717) is 26.2 Å². The molecule has 0 radical (unpaired) electrons. The van der Waals surface area contributed by atoms with E-state index in [1.807, 2.05) is 33.8 Å². The maximum absolute atomic E-state index is 12.5. The van der Waals surface area contributed by atoms with Crippen LogP contribution in [0.1, 0.15) is 59.8 Å². The maximum Gasteiger partial charge on any atom is 0.240 e. The highest BCUT2D eigenvalue weighted by Crippen LogP contribution is 2.12. The molecule has 0 bridgehead atoms. The molecule has 0 saturated heterocycles. The van der Waals surface area contributed by atoms with Gasteiger partial charge in [-0.1, -0.05) is 27.7 Å². The number of hydrogen-bond donors (Lipinski definition) is 0. The van der Waals surface area contributed by atoms with Crippen molar-refractivity contribution in [1.82, 2.24) is 9.80 Å². The zero-order valence-electron chi connectivity index (χ0n) is 14.6. The number of rotatable bonds is 11. The average Bonchev–Trinajstić information content (AvgIpc) is 2.51. The lowest BCUT2D eigenvalue weighted by Gasteiger charge is -2.26. The highest BCUT2D eigenvalue weighted by molar-refractivity contribution is 5.87. The molecule has 0 aliphatic rings. The number of carbonyl (C=O) groups is 2. The molecule has 0 aromatic heterocycles. The van der Waals surface area contributed by atoms with Gasteiger partial charge in [0.1, 0.15) is 5.92 Å². The molecular formula is C17H31N3O2. The normalized spacial score (nSPS) is 11.6. The van der Waals surface area contributed by atoms with Gasteiger partial charge in [0.2, 0.25) is 11.8 Å². The molecule has 5 heteroatoms. The minimum Gasteiger partial charge on any atom is -0.343 e. The first-order valence-corrected chi connectivity index (χ1v) is 8.51. The third kappa shape index (κ3) is 6.93. The molecule has 5 nitrogen and oxygen atoms in total. The van der Waals surface area contributed by atoms with E-state index in [0.717, 1.165) is 25.7 Å². The summed E-state index contributed by atoms with van der Waals surface area (Å²) in [5.41, 5.74) is 0. The molecule has 0 N–H and O–H groups in total. The summed E-state index contributed by atoms with van der Waals surface area (Å²) in [6.07, 6.45) is 3.48. The molecule has 0 aliphatic heterocycles. The van der Waals surface area contributed by atoms with Crippen LogP contribution in [-0.2, 0) is 9.59 Å². The van der Waals surface area contributed by atoms with Gasteiger partial charge in [0.05, 0.1) is 12.5 Å². The first-order chi connectivity index (χ1) is 10.5. The number of carbonyl (C=O) groups excluding carboxylic acids is 2. The van der Waals surface area contributed by atoms with Crippen LogP contribution < -0.4 is 0 Å². The van der Waals surface area contributed by atoms with Crippen molar-refractivity contribution in [3.8, 4) is 6.07 Å². The van der Waals surface area contributed by atoms with Crippen LogP contribution in [0.4, 0.5) is 0 Å². The molecule has 0 aromatic rings. The van der Waals surface area contributed by atoms with Crippen LogP contribution in [-0.4, -0.2) is 47.8 Å². The Morgan fingerprint density at radius 3 is 1.64 bits per heavy atom. The van der Waals surface area contributed by atoms with Crippen molar-refractivity contribution in [1.29, 1.82) is 5.26 Å². The zero-order valence-corrected chi connectivity index (χ0v) is 14.6. The van der Waals surface area contributed by atoms with Crippen molar-refractivity contribution in [2.75, 3.05) is 26.2 Å². The fraction of sp³-hybridized carbons (Fsp3) is 0.824. The van der Waals surface area contributed by atoms with Gasteiger partial charge >= 0.3 is 0 Å². The van der Waals surface area contributed by atoms with E-state index < -0.39 is 5.92 Å². The number of nitriles is 1. The number of nitrogens with zero attached hydrogens (tertiary/aromatic N) is 3. The fourth-order valence-corrected chi connectivity index (χ4v) is 2.49. The SMILES string of the molecule is CCCN(CCC)C(=O)CC(C#N)C(=O)N(CCC)CCC. The third-order valence-electron chi connectivity index (χ3n) is 3.47. The fourth-order valence-electron chi connectivity index (χ4n) is 2.49. The maximum atomic E-state index is 12.5. The molecule has 1 atom stereocenters. The van der Waals surface area contributed by atoms with Gasteiger partial charge in [-0.3, -0.25) is 9.59 Å². The van der Waals surface area contributed by atoms with E-state index in [4.69, 9.17) is 0 Å². The minimum atomic E-state index is -0.859. The summed E-state index contributed by atoms with van der Waals surface area (Å²) in [5.74, 6) is -1.15. The van der Waals surface area contributed by atoms with Crippen LogP contribution in [0.25, 0.3) is 0 Å². The second-order valence-electron chi connectivity index (χ2n) is 5.59. The molecule has 0 heterocycles. The largest absolute Gasteiger partial charge is 0.343 e. The molecule has 126 valence electrons. The van der Waals surface area contributed by atoms with Gasteiger partial charge in [-0.05, 0) is 25.7 Å². The van der Waals surface area contributed by atoms with Gasteiger partial charge in [0.15, 0.2) is 0 Å². The molecule has 0 aliphatic carbocycles. The lowest BCUT2D eigenvalue weighted by atomic mass is 10.0. The molecule has 22 heavy (non-hydrogen) atoms. The third-order valence-corrected chi connectivity index (χ3v) is 3.47. The van der Waals surface area contributed by atoms with Crippen LogP contribution >= 0.6 is 0 Å². The Labute approximate surface area is 135 Å². The van der Waals surface area contributed by atoms with Crippen LogP contribution in [0.15, 0.2) is 0 Å². The summed E-state index contributed by atoms with van der Waals surface area (Å²) in [5, 5.41) is 9.30. The lowest BCUT2D eigenvalue weighted by molar-refractivity contribution is -0.139. The predicted molar refractivity (Wildman–Crippen MR) is 88.0 cm³/mol. The van der Waals surface area contributed by atoms with E-state index in [-0.39, 0.29) is 18.2 Å². The Balaban J connectivity index is 4.83. The van der Waals surface area contributed by atoms with Gasteiger partial charge in [-0.2, -0.15) is 5.26 Å². The summed E-state index contributed by atoms with van der Waals surface area (Å²) in [4.78, 5) is 28.3. The highest BCUT2D eigenvalue weighted by atomic mass is 16.2. The second-order valence-corrected chi connectivity index (χ2v) is 5.59. The first kappa shape index (κ1) is 20.4.